The first-order valence-corrected chi connectivity index (χ1v) is 8.42. The van der Waals surface area contributed by atoms with Gasteiger partial charge in [-0.1, -0.05) is 18.2 Å². The van der Waals surface area contributed by atoms with Gasteiger partial charge >= 0.3 is 0 Å². The van der Waals surface area contributed by atoms with Crippen LogP contribution in [0.1, 0.15) is 11.3 Å². The maximum absolute atomic E-state index is 5.75. The number of hydrogen-bond donors (Lipinski definition) is 1. The van der Waals surface area contributed by atoms with Gasteiger partial charge in [0.1, 0.15) is 12.4 Å². The van der Waals surface area contributed by atoms with Crippen LogP contribution in [-0.2, 0) is 17.9 Å². The van der Waals surface area contributed by atoms with Gasteiger partial charge in [-0.3, -0.25) is 4.98 Å². The highest BCUT2D eigenvalue weighted by molar-refractivity contribution is 5.27. The van der Waals surface area contributed by atoms with E-state index >= 15 is 0 Å². The fourth-order valence-corrected chi connectivity index (χ4v) is 2.71. The molecule has 5 nitrogen and oxygen atoms in total. The average Bonchev–Trinajstić information content (AvgIpc) is 2.62. The molecule has 0 unspecified atom stereocenters. The van der Waals surface area contributed by atoms with Gasteiger partial charge in [-0.05, 0) is 36.9 Å². The van der Waals surface area contributed by atoms with Gasteiger partial charge in [0.05, 0.1) is 18.4 Å². The van der Waals surface area contributed by atoms with Crippen LogP contribution in [-0.4, -0.2) is 49.3 Å². The summed E-state index contributed by atoms with van der Waals surface area (Å²) in [6, 6.07) is 14.0. The van der Waals surface area contributed by atoms with E-state index in [4.69, 9.17) is 9.47 Å². The number of morpholine rings is 1. The molecule has 0 bridgehead atoms. The Labute approximate surface area is 143 Å². The number of nitrogens with zero attached hydrogens (tertiary/aromatic N) is 2. The van der Waals surface area contributed by atoms with Crippen LogP contribution >= 0.6 is 0 Å². The predicted octanol–water partition coefficient (Wildman–Crippen LogP) is 2.08. The topological polar surface area (TPSA) is 46.6 Å². The molecule has 2 heterocycles. The molecule has 2 aromatic rings. The Hall–Kier alpha value is -1.95. The first kappa shape index (κ1) is 16.9. The molecule has 0 aliphatic carbocycles. The molecule has 1 N–H and O–H groups in total. The predicted molar refractivity (Wildman–Crippen MR) is 94.0 cm³/mol. The molecule has 1 saturated heterocycles. The average molecular weight is 327 g/mol. The number of rotatable bonds is 7. The number of hydrogen-bond acceptors (Lipinski definition) is 5. The molecule has 0 amide bonds. The minimum Gasteiger partial charge on any atom is -0.487 e. The Morgan fingerprint density at radius 1 is 1.25 bits per heavy atom. The molecule has 0 spiro atoms. The summed E-state index contributed by atoms with van der Waals surface area (Å²) in [5.74, 6) is 0.863. The van der Waals surface area contributed by atoms with Gasteiger partial charge in [0.2, 0.25) is 0 Å². The molecule has 0 radical (unpaired) electrons. The molecule has 1 aliphatic rings. The molecule has 128 valence electrons. The van der Waals surface area contributed by atoms with Crippen molar-refractivity contribution in [2.24, 2.45) is 0 Å². The third kappa shape index (κ3) is 5.30. The third-order valence-corrected chi connectivity index (χ3v) is 4.08. The second-order valence-corrected chi connectivity index (χ2v) is 6.14. The zero-order chi connectivity index (χ0) is 16.6. The number of aromatic nitrogens is 1. The molecular formula is C19H25N3O2. The minimum atomic E-state index is 0.282. The normalized spacial score (nSPS) is 18.5. The van der Waals surface area contributed by atoms with E-state index in [-0.39, 0.29) is 6.10 Å². The number of pyridine rings is 1. The molecule has 1 atom stereocenters. The van der Waals surface area contributed by atoms with Crippen LogP contribution in [0, 0.1) is 0 Å². The lowest BCUT2D eigenvalue weighted by atomic mass is 10.2. The Bertz CT molecular complexity index is 604. The fourth-order valence-electron chi connectivity index (χ4n) is 2.71. The van der Waals surface area contributed by atoms with Crippen molar-refractivity contribution >= 4 is 0 Å². The second kappa shape index (κ2) is 8.78. The van der Waals surface area contributed by atoms with Crippen LogP contribution in [0.2, 0.25) is 0 Å². The van der Waals surface area contributed by atoms with Gasteiger partial charge in [-0.2, -0.15) is 0 Å². The summed E-state index contributed by atoms with van der Waals surface area (Å²) in [6.45, 7) is 5.05. The highest BCUT2D eigenvalue weighted by Gasteiger charge is 2.16. The standard InChI is InChI=1S/C19H25N3O2/c1-22-10-11-23-19(14-22)13-20-12-16-5-7-18(8-6-16)24-15-17-4-2-3-9-21-17/h2-9,19-20H,10-15H2,1H3/t19-/m1/s1. The number of ether oxygens (including phenoxy) is 2. The molecular weight excluding hydrogens is 302 g/mol. The van der Waals surface area contributed by atoms with Crippen LogP contribution in [0.5, 0.6) is 5.75 Å². The highest BCUT2D eigenvalue weighted by Crippen LogP contribution is 2.13. The van der Waals surface area contributed by atoms with Crippen molar-refractivity contribution in [1.29, 1.82) is 0 Å². The first-order chi connectivity index (χ1) is 11.8. The molecule has 24 heavy (non-hydrogen) atoms. The maximum Gasteiger partial charge on any atom is 0.130 e. The van der Waals surface area contributed by atoms with E-state index in [2.05, 4.69) is 34.4 Å². The Morgan fingerprint density at radius 3 is 2.88 bits per heavy atom. The van der Waals surface area contributed by atoms with Crippen molar-refractivity contribution in [2.75, 3.05) is 33.3 Å². The van der Waals surface area contributed by atoms with Gasteiger partial charge < -0.3 is 19.7 Å². The quantitative estimate of drug-likeness (QED) is 0.844. The van der Waals surface area contributed by atoms with E-state index in [1.807, 2.05) is 30.3 Å². The maximum atomic E-state index is 5.75. The molecule has 3 rings (SSSR count). The largest absolute Gasteiger partial charge is 0.487 e. The summed E-state index contributed by atoms with van der Waals surface area (Å²) in [5, 5.41) is 3.47. The van der Waals surface area contributed by atoms with Gasteiger partial charge in [0.15, 0.2) is 0 Å². The summed E-state index contributed by atoms with van der Waals surface area (Å²) in [7, 11) is 2.14. The van der Waals surface area contributed by atoms with Crippen molar-refractivity contribution in [1.82, 2.24) is 15.2 Å². The van der Waals surface area contributed by atoms with Crippen LogP contribution in [0.15, 0.2) is 48.7 Å². The lowest BCUT2D eigenvalue weighted by molar-refractivity contribution is -0.0182. The third-order valence-electron chi connectivity index (χ3n) is 4.08. The molecule has 5 heteroatoms. The van der Waals surface area contributed by atoms with E-state index in [0.717, 1.165) is 44.2 Å². The van der Waals surface area contributed by atoms with Crippen LogP contribution in [0.25, 0.3) is 0 Å². The summed E-state index contributed by atoms with van der Waals surface area (Å²) in [6.07, 6.45) is 2.06. The number of benzene rings is 1. The summed E-state index contributed by atoms with van der Waals surface area (Å²) < 4.78 is 11.5. The SMILES string of the molecule is CN1CCO[C@H](CNCc2ccc(OCc3ccccn3)cc2)C1. The number of likely N-dealkylation sites (N-methyl/N-ethyl adjacent to an activating group) is 1. The van der Waals surface area contributed by atoms with Crippen molar-refractivity contribution in [3.05, 3.63) is 59.9 Å². The monoisotopic (exact) mass is 327 g/mol. The minimum absolute atomic E-state index is 0.282. The Balaban J connectivity index is 1.39. The fraction of sp³-hybridized carbons (Fsp3) is 0.421. The van der Waals surface area contributed by atoms with Gasteiger partial charge in [0, 0.05) is 32.4 Å². The first-order valence-electron chi connectivity index (χ1n) is 8.42. The van der Waals surface area contributed by atoms with Crippen molar-refractivity contribution < 1.29 is 9.47 Å². The lowest BCUT2D eigenvalue weighted by Crippen LogP contribution is -2.44. The van der Waals surface area contributed by atoms with Crippen LogP contribution < -0.4 is 10.1 Å². The van der Waals surface area contributed by atoms with Gasteiger partial charge in [-0.15, -0.1) is 0 Å². The van der Waals surface area contributed by atoms with Crippen LogP contribution in [0.3, 0.4) is 0 Å². The Kier molecular flexibility index (Phi) is 6.18. The zero-order valence-electron chi connectivity index (χ0n) is 14.1. The molecule has 1 fully saturated rings. The Morgan fingerprint density at radius 2 is 2.12 bits per heavy atom. The van der Waals surface area contributed by atoms with E-state index in [1.165, 1.54) is 5.56 Å². The summed E-state index contributed by atoms with van der Waals surface area (Å²) >= 11 is 0. The molecule has 0 saturated carbocycles. The van der Waals surface area contributed by atoms with Crippen molar-refractivity contribution in [2.45, 2.75) is 19.3 Å². The summed E-state index contributed by atoms with van der Waals surface area (Å²) in [5.41, 5.74) is 2.17. The molecule has 1 aliphatic heterocycles. The molecule has 1 aromatic carbocycles. The lowest BCUT2D eigenvalue weighted by Gasteiger charge is -2.30. The van der Waals surface area contributed by atoms with E-state index in [0.29, 0.717) is 6.61 Å². The van der Waals surface area contributed by atoms with Crippen LogP contribution in [0.4, 0.5) is 0 Å². The molecule has 1 aromatic heterocycles. The van der Waals surface area contributed by atoms with E-state index in [1.54, 1.807) is 6.20 Å². The smallest absolute Gasteiger partial charge is 0.130 e. The summed E-state index contributed by atoms with van der Waals surface area (Å²) in [4.78, 5) is 6.56. The second-order valence-electron chi connectivity index (χ2n) is 6.14. The highest BCUT2D eigenvalue weighted by atomic mass is 16.5. The van der Waals surface area contributed by atoms with Crippen molar-refractivity contribution in [3.8, 4) is 5.75 Å². The zero-order valence-corrected chi connectivity index (χ0v) is 14.1. The van der Waals surface area contributed by atoms with Gasteiger partial charge in [-0.25, -0.2) is 0 Å². The van der Waals surface area contributed by atoms with Crippen molar-refractivity contribution in [3.63, 3.8) is 0 Å². The number of nitrogens with one attached hydrogen (secondary N) is 1. The van der Waals surface area contributed by atoms with E-state index in [9.17, 15) is 0 Å². The van der Waals surface area contributed by atoms with E-state index < -0.39 is 0 Å². The van der Waals surface area contributed by atoms with Gasteiger partial charge in [0.25, 0.3) is 0 Å².